The van der Waals surface area contributed by atoms with Crippen LogP contribution in [0.3, 0.4) is 0 Å². The third-order valence-electron chi connectivity index (χ3n) is 3.00. The van der Waals surface area contributed by atoms with Gasteiger partial charge in [-0.2, -0.15) is 0 Å². The lowest BCUT2D eigenvalue weighted by atomic mass is 10.0. The molecule has 106 valence electrons. The molecule has 0 aromatic heterocycles. The molecule has 0 saturated heterocycles. The van der Waals surface area contributed by atoms with Crippen molar-refractivity contribution in [1.29, 1.82) is 0 Å². The summed E-state index contributed by atoms with van der Waals surface area (Å²) >= 11 is 6.31. The molecule has 0 aliphatic rings. The molecule has 0 aliphatic carbocycles. The Kier molecular flexibility index (Phi) is 4.96. The van der Waals surface area contributed by atoms with Crippen LogP contribution in [0.5, 0.6) is 5.75 Å². The first-order valence-corrected chi connectivity index (χ1v) is 6.85. The van der Waals surface area contributed by atoms with Crippen LogP contribution in [0, 0.1) is 11.6 Å². The zero-order chi connectivity index (χ0) is 14.5. The summed E-state index contributed by atoms with van der Waals surface area (Å²) in [5, 5.41) is -0.552. The third kappa shape index (κ3) is 3.28. The van der Waals surface area contributed by atoms with Crippen molar-refractivity contribution in [3.05, 3.63) is 65.2 Å². The number of hydrogen-bond acceptors (Lipinski definition) is 1. The fourth-order valence-corrected chi connectivity index (χ4v) is 2.38. The first-order chi connectivity index (χ1) is 9.63. The second-order valence-electron chi connectivity index (χ2n) is 4.34. The Hall–Kier alpha value is -1.61. The van der Waals surface area contributed by atoms with Crippen molar-refractivity contribution >= 4 is 11.6 Å². The molecule has 2 aromatic rings. The topological polar surface area (TPSA) is 9.23 Å². The number of alkyl halides is 1. The second-order valence-corrected chi connectivity index (χ2v) is 4.87. The van der Waals surface area contributed by atoms with Crippen LogP contribution in [0.1, 0.15) is 23.4 Å². The van der Waals surface area contributed by atoms with Crippen LogP contribution in [0.4, 0.5) is 8.78 Å². The smallest absolute Gasteiger partial charge is 0.129 e. The molecule has 1 unspecified atom stereocenters. The summed E-state index contributed by atoms with van der Waals surface area (Å²) in [6, 6.07) is 11.1. The number of rotatable bonds is 5. The highest BCUT2D eigenvalue weighted by molar-refractivity contribution is 6.21. The Bertz CT molecular complexity index is 566. The van der Waals surface area contributed by atoms with E-state index in [4.69, 9.17) is 16.3 Å². The Morgan fingerprint density at radius 3 is 2.35 bits per heavy atom. The van der Waals surface area contributed by atoms with Gasteiger partial charge < -0.3 is 4.74 Å². The van der Waals surface area contributed by atoms with Crippen LogP contribution in [0.15, 0.2) is 42.5 Å². The van der Waals surface area contributed by atoms with E-state index in [2.05, 4.69) is 0 Å². The Balaban J connectivity index is 2.26. The van der Waals surface area contributed by atoms with Crippen molar-refractivity contribution < 1.29 is 13.5 Å². The van der Waals surface area contributed by atoms with Gasteiger partial charge in [-0.1, -0.05) is 24.3 Å². The number of halogens is 3. The van der Waals surface area contributed by atoms with Gasteiger partial charge in [-0.15, -0.1) is 11.6 Å². The lowest BCUT2D eigenvalue weighted by Crippen LogP contribution is -2.04. The summed E-state index contributed by atoms with van der Waals surface area (Å²) in [5.74, 6) is -0.513. The van der Waals surface area contributed by atoms with Crippen LogP contribution >= 0.6 is 11.6 Å². The molecule has 2 rings (SSSR count). The first kappa shape index (κ1) is 14.8. The standard InChI is InChI=1S/C16H15ClF2O/c1-2-20-16-9-4-3-6-11(16)13(17)10-12-14(18)7-5-8-15(12)19/h3-9,13H,2,10H2,1H3. The summed E-state index contributed by atoms with van der Waals surface area (Å²) in [6.45, 7) is 2.38. The molecule has 0 amide bonds. The first-order valence-electron chi connectivity index (χ1n) is 6.42. The van der Waals surface area contributed by atoms with E-state index in [1.54, 1.807) is 12.1 Å². The van der Waals surface area contributed by atoms with Gasteiger partial charge in [0.2, 0.25) is 0 Å². The van der Waals surface area contributed by atoms with Gasteiger partial charge in [0.05, 0.1) is 12.0 Å². The largest absolute Gasteiger partial charge is 0.494 e. The van der Waals surface area contributed by atoms with E-state index in [9.17, 15) is 8.78 Å². The molecule has 0 spiro atoms. The fourth-order valence-electron chi connectivity index (χ4n) is 2.04. The molecule has 0 fully saturated rings. The average molecular weight is 297 g/mol. The summed E-state index contributed by atoms with van der Waals surface area (Å²) in [5.41, 5.74) is 0.734. The molecule has 0 N–H and O–H groups in total. The molecule has 2 aromatic carbocycles. The monoisotopic (exact) mass is 296 g/mol. The highest BCUT2D eigenvalue weighted by Gasteiger charge is 2.18. The van der Waals surface area contributed by atoms with Crippen molar-refractivity contribution in [3.63, 3.8) is 0 Å². The van der Waals surface area contributed by atoms with E-state index in [-0.39, 0.29) is 12.0 Å². The van der Waals surface area contributed by atoms with Gasteiger partial charge in [0.15, 0.2) is 0 Å². The maximum atomic E-state index is 13.6. The predicted molar refractivity (Wildman–Crippen MR) is 76.3 cm³/mol. The zero-order valence-corrected chi connectivity index (χ0v) is 11.8. The molecule has 1 atom stereocenters. The van der Waals surface area contributed by atoms with Gasteiger partial charge in [0, 0.05) is 11.1 Å². The predicted octanol–water partition coefficient (Wildman–Crippen LogP) is 4.89. The minimum Gasteiger partial charge on any atom is -0.494 e. The molecule has 0 bridgehead atoms. The normalized spacial score (nSPS) is 12.2. The van der Waals surface area contributed by atoms with Crippen LogP contribution in [-0.4, -0.2) is 6.61 Å². The fraction of sp³-hybridized carbons (Fsp3) is 0.250. The Morgan fingerprint density at radius 2 is 1.70 bits per heavy atom. The van der Waals surface area contributed by atoms with Crippen molar-refractivity contribution in [3.8, 4) is 5.75 Å². The van der Waals surface area contributed by atoms with E-state index < -0.39 is 17.0 Å². The summed E-state index contributed by atoms with van der Waals surface area (Å²) in [4.78, 5) is 0. The van der Waals surface area contributed by atoms with Gasteiger partial charge in [-0.05, 0) is 31.5 Å². The Morgan fingerprint density at radius 1 is 1.05 bits per heavy atom. The van der Waals surface area contributed by atoms with E-state index >= 15 is 0 Å². The SMILES string of the molecule is CCOc1ccccc1C(Cl)Cc1c(F)cccc1F. The van der Waals surface area contributed by atoms with Gasteiger partial charge in [0.1, 0.15) is 17.4 Å². The quantitative estimate of drug-likeness (QED) is 0.714. The van der Waals surface area contributed by atoms with E-state index in [1.165, 1.54) is 18.2 Å². The summed E-state index contributed by atoms with van der Waals surface area (Å²) in [7, 11) is 0. The van der Waals surface area contributed by atoms with Gasteiger partial charge in [-0.3, -0.25) is 0 Å². The van der Waals surface area contributed by atoms with E-state index in [0.717, 1.165) is 5.56 Å². The highest BCUT2D eigenvalue weighted by atomic mass is 35.5. The van der Waals surface area contributed by atoms with Gasteiger partial charge >= 0.3 is 0 Å². The van der Waals surface area contributed by atoms with Crippen LogP contribution in [0.25, 0.3) is 0 Å². The minimum absolute atomic E-state index is 0.00111. The number of ether oxygens (including phenoxy) is 1. The summed E-state index contributed by atoms with van der Waals surface area (Å²) in [6.07, 6.45) is 0.0736. The number of para-hydroxylation sites is 1. The number of benzene rings is 2. The maximum Gasteiger partial charge on any atom is 0.129 e. The number of hydrogen-bond donors (Lipinski definition) is 0. The minimum atomic E-state index is -0.579. The third-order valence-corrected chi connectivity index (χ3v) is 3.39. The lowest BCUT2D eigenvalue weighted by molar-refractivity contribution is 0.336. The molecule has 0 radical (unpaired) electrons. The highest BCUT2D eigenvalue weighted by Crippen LogP contribution is 2.33. The molecule has 1 nitrogen and oxygen atoms in total. The average Bonchev–Trinajstić information content (AvgIpc) is 2.44. The van der Waals surface area contributed by atoms with E-state index in [0.29, 0.717) is 12.4 Å². The Labute approximate surface area is 122 Å². The lowest BCUT2D eigenvalue weighted by Gasteiger charge is -2.15. The van der Waals surface area contributed by atoms with Gasteiger partial charge in [0.25, 0.3) is 0 Å². The second kappa shape index (κ2) is 6.71. The van der Waals surface area contributed by atoms with Crippen molar-refractivity contribution in [2.24, 2.45) is 0 Å². The van der Waals surface area contributed by atoms with Crippen LogP contribution < -0.4 is 4.74 Å². The molecule has 0 aliphatic heterocycles. The molecular weight excluding hydrogens is 282 g/mol. The molecule has 0 saturated carbocycles. The van der Waals surface area contributed by atoms with Gasteiger partial charge in [-0.25, -0.2) is 8.78 Å². The zero-order valence-electron chi connectivity index (χ0n) is 11.1. The van der Waals surface area contributed by atoms with E-state index in [1.807, 2.05) is 19.1 Å². The molecule has 4 heteroatoms. The summed E-state index contributed by atoms with van der Waals surface area (Å²) < 4.78 is 32.8. The van der Waals surface area contributed by atoms with Crippen LogP contribution in [-0.2, 0) is 6.42 Å². The van der Waals surface area contributed by atoms with Crippen molar-refractivity contribution in [2.45, 2.75) is 18.7 Å². The molecule has 0 heterocycles. The van der Waals surface area contributed by atoms with Crippen molar-refractivity contribution in [1.82, 2.24) is 0 Å². The van der Waals surface area contributed by atoms with Crippen molar-refractivity contribution in [2.75, 3.05) is 6.61 Å². The van der Waals surface area contributed by atoms with Crippen LogP contribution in [0.2, 0.25) is 0 Å². The maximum absolute atomic E-state index is 13.6. The molecular formula is C16H15ClF2O. The molecule has 20 heavy (non-hydrogen) atoms.